The van der Waals surface area contributed by atoms with Gasteiger partial charge in [0.15, 0.2) is 5.84 Å². The van der Waals surface area contributed by atoms with Gasteiger partial charge in [0.2, 0.25) is 0 Å². The molecule has 3 aromatic rings. The third kappa shape index (κ3) is 2.55. The lowest BCUT2D eigenvalue weighted by atomic mass is 10.2. The molecule has 0 fully saturated rings. The highest BCUT2D eigenvalue weighted by atomic mass is 32.1. The summed E-state index contributed by atoms with van der Waals surface area (Å²) in [5.74, 6) is 0.266. The molecule has 2 N–H and O–H groups in total. The second-order valence-corrected chi connectivity index (χ2v) is 6.27. The maximum absolute atomic E-state index is 10.3. The minimum absolute atomic E-state index is 0.117. The van der Waals surface area contributed by atoms with Crippen LogP contribution in [0.2, 0.25) is 0 Å². The van der Waals surface area contributed by atoms with Crippen molar-refractivity contribution in [2.45, 2.75) is 0 Å². The number of nitrogens with one attached hydrogen (secondary N) is 1. The molecular formula is C17H13N5OS. The lowest BCUT2D eigenvalue weighted by Crippen LogP contribution is -2.20. The van der Waals surface area contributed by atoms with Gasteiger partial charge in [-0.3, -0.25) is 10.4 Å². The SMILES string of the molecule is N=C1C(c2nc3ccccc3s2)=C(O)CN1N=Cc1ccncc1. The molecule has 1 aromatic carbocycles. The smallest absolute Gasteiger partial charge is 0.155 e. The molecule has 0 unspecified atom stereocenters. The average Bonchev–Trinajstić information content (AvgIpc) is 3.14. The fraction of sp³-hybridized carbons (Fsp3) is 0.0588. The Morgan fingerprint density at radius 2 is 2.00 bits per heavy atom. The number of para-hydroxylation sites is 1. The third-order valence-electron chi connectivity index (χ3n) is 3.64. The number of amidine groups is 1. The Kier molecular flexibility index (Phi) is 3.55. The second-order valence-electron chi connectivity index (χ2n) is 5.24. The number of nitrogens with zero attached hydrogens (tertiary/aromatic N) is 4. The zero-order valence-corrected chi connectivity index (χ0v) is 13.4. The molecule has 3 heterocycles. The summed E-state index contributed by atoms with van der Waals surface area (Å²) in [6.45, 7) is 0.172. The van der Waals surface area contributed by atoms with Crippen molar-refractivity contribution in [3.8, 4) is 0 Å². The third-order valence-corrected chi connectivity index (χ3v) is 4.70. The van der Waals surface area contributed by atoms with E-state index >= 15 is 0 Å². The van der Waals surface area contributed by atoms with Gasteiger partial charge in [-0.1, -0.05) is 12.1 Å². The van der Waals surface area contributed by atoms with Crippen molar-refractivity contribution in [1.82, 2.24) is 15.0 Å². The van der Waals surface area contributed by atoms with Gasteiger partial charge >= 0.3 is 0 Å². The van der Waals surface area contributed by atoms with E-state index in [4.69, 9.17) is 5.41 Å². The zero-order chi connectivity index (χ0) is 16.5. The van der Waals surface area contributed by atoms with Crippen LogP contribution >= 0.6 is 11.3 Å². The summed E-state index contributed by atoms with van der Waals surface area (Å²) >= 11 is 1.46. The van der Waals surface area contributed by atoms with Crippen LogP contribution in [0.5, 0.6) is 0 Å². The zero-order valence-electron chi connectivity index (χ0n) is 12.5. The van der Waals surface area contributed by atoms with E-state index in [-0.39, 0.29) is 18.1 Å². The van der Waals surface area contributed by atoms with E-state index in [9.17, 15) is 5.11 Å². The molecule has 0 aliphatic carbocycles. The van der Waals surface area contributed by atoms with Gasteiger partial charge < -0.3 is 5.11 Å². The number of rotatable bonds is 3. The molecule has 24 heavy (non-hydrogen) atoms. The van der Waals surface area contributed by atoms with Gasteiger partial charge in [0.05, 0.1) is 22.0 Å². The maximum atomic E-state index is 10.3. The minimum atomic E-state index is 0.117. The van der Waals surface area contributed by atoms with Gasteiger partial charge in [-0.15, -0.1) is 11.3 Å². The molecule has 7 heteroatoms. The van der Waals surface area contributed by atoms with Gasteiger partial charge in [0.25, 0.3) is 0 Å². The quantitative estimate of drug-likeness (QED) is 0.719. The van der Waals surface area contributed by atoms with Crippen molar-refractivity contribution in [3.05, 3.63) is 65.1 Å². The summed E-state index contributed by atoms with van der Waals surface area (Å²) in [6, 6.07) is 11.4. The van der Waals surface area contributed by atoms with Gasteiger partial charge in [-0.05, 0) is 29.8 Å². The van der Waals surface area contributed by atoms with Crippen LogP contribution in [0.25, 0.3) is 15.8 Å². The summed E-state index contributed by atoms with van der Waals surface area (Å²) in [5.41, 5.74) is 2.19. The number of thiazole rings is 1. The normalized spacial score (nSPS) is 15.2. The highest BCUT2D eigenvalue weighted by molar-refractivity contribution is 7.19. The molecule has 0 atom stereocenters. The monoisotopic (exact) mass is 335 g/mol. The van der Waals surface area contributed by atoms with Crippen molar-refractivity contribution in [1.29, 1.82) is 5.41 Å². The highest BCUT2D eigenvalue weighted by Gasteiger charge is 2.30. The minimum Gasteiger partial charge on any atom is -0.509 e. The Morgan fingerprint density at radius 1 is 1.21 bits per heavy atom. The number of fused-ring (bicyclic) bond motifs is 1. The van der Waals surface area contributed by atoms with Gasteiger partial charge in [-0.2, -0.15) is 5.10 Å². The van der Waals surface area contributed by atoms with Crippen molar-refractivity contribution in [3.63, 3.8) is 0 Å². The van der Waals surface area contributed by atoms with Gasteiger partial charge in [-0.25, -0.2) is 9.99 Å². The number of hydrazone groups is 1. The summed E-state index contributed by atoms with van der Waals surface area (Å²) in [6.07, 6.45) is 5.00. The fourth-order valence-electron chi connectivity index (χ4n) is 2.45. The Balaban J connectivity index is 1.62. The van der Waals surface area contributed by atoms with E-state index < -0.39 is 0 Å². The Labute approximate surface area is 141 Å². The van der Waals surface area contributed by atoms with E-state index in [0.29, 0.717) is 10.6 Å². The van der Waals surface area contributed by atoms with E-state index in [0.717, 1.165) is 15.8 Å². The molecule has 0 saturated carbocycles. The number of hydrogen-bond acceptors (Lipinski definition) is 6. The molecule has 118 valence electrons. The molecular weight excluding hydrogens is 322 g/mol. The molecule has 0 bridgehead atoms. The first-order valence-corrected chi connectivity index (χ1v) is 8.12. The van der Waals surface area contributed by atoms with Gasteiger partial charge in [0.1, 0.15) is 17.3 Å². The van der Waals surface area contributed by atoms with E-state index in [1.165, 1.54) is 16.3 Å². The van der Waals surface area contributed by atoms with Crippen molar-refractivity contribution in [2.24, 2.45) is 5.10 Å². The fourth-order valence-corrected chi connectivity index (χ4v) is 3.49. The first kappa shape index (κ1) is 14.5. The number of aliphatic hydroxyl groups excluding tert-OH is 1. The molecule has 0 saturated heterocycles. The number of aromatic nitrogens is 2. The van der Waals surface area contributed by atoms with Crippen molar-refractivity contribution in [2.75, 3.05) is 6.54 Å². The number of hydrogen-bond donors (Lipinski definition) is 2. The van der Waals surface area contributed by atoms with E-state index in [1.54, 1.807) is 18.6 Å². The summed E-state index contributed by atoms with van der Waals surface area (Å²) in [4.78, 5) is 8.47. The Bertz CT molecular complexity index is 944. The number of aliphatic hydroxyl groups is 1. The standard InChI is InChI=1S/C17H13N5OS/c18-16-15(17-21-12-3-1-2-4-14(12)24-17)13(23)10-22(16)20-9-11-5-7-19-8-6-11/h1-9,18,23H,10H2. The number of pyridine rings is 1. The van der Waals surface area contributed by atoms with Crippen LogP contribution in [-0.2, 0) is 0 Å². The predicted molar refractivity (Wildman–Crippen MR) is 95.4 cm³/mol. The molecule has 0 radical (unpaired) electrons. The summed E-state index contributed by atoms with van der Waals surface area (Å²) in [7, 11) is 0. The highest BCUT2D eigenvalue weighted by Crippen LogP contribution is 2.33. The number of benzene rings is 1. The molecule has 2 aromatic heterocycles. The second kappa shape index (κ2) is 5.86. The molecule has 0 spiro atoms. The Morgan fingerprint density at radius 3 is 2.79 bits per heavy atom. The van der Waals surface area contributed by atoms with E-state index in [2.05, 4.69) is 15.1 Å². The Hall–Kier alpha value is -3.06. The van der Waals surface area contributed by atoms with Crippen LogP contribution in [0.1, 0.15) is 10.6 Å². The lowest BCUT2D eigenvalue weighted by molar-refractivity contribution is 0.358. The molecule has 1 aliphatic heterocycles. The average molecular weight is 335 g/mol. The topological polar surface area (TPSA) is 85.5 Å². The van der Waals surface area contributed by atoms with Crippen molar-refractivity contribution >= 4 is 39.2 Å². The largest absolute Gasteiger partial charge is 0.509 e. The van der Waals surface area contributed by atoms with Gasteiger partial charge in [0, 0.05) is 12.4 Å². The molecule has 6 nitrogen and oxygen atoms in total. The first-order valence-electron chi connectivity index (χ1n) is 7.31. The lowest BCUT2D eigenvalue weighted by Gasteiger charge is -2.10. The maximum Gasteiger partial charge on any atom is 0.155 e. The molecule has 0 amide bonds. The molecule has 4 rings (SSSR count). The van der Waals surface area contributed by atoms with Crippen LogP contribution in [0.15, 0.2) is 59.7 Å². The van der Waals surface area contributed by atoms with Crippen LogP contribution in [0.3, 0.4) is 0 Å². The van der Waals surface area contributed by atoms with Crippen molar-refractivity contribution < 1.29 is 5.11 Å². The first-order chi connectivity index (χ1) is 11.7. The van der Waals surface area contributed by atoms with Crippen LogP contribution in [0, 0.1) is 5.41 Å². The molecule has 1 aliphatic rings. The summed E-state index contributed by atoms with van der Waals surface area (Å²) in [5, 5.41) is 25.0. The summed E-state index contributed by atoms with van der Waals surface area (Å²) < 4.78 is 1.03. The van der Waals surface area contributed by atoms with Crippen LogP contribution < -0.4 is 0 Å². The van der Waals surface area contributed by atoms with Crippen LogP contribution in [-0.4, -0.2) is 38.7 Å². The van der Waals surface area contributed by atoms with Crippen LogP contribution in [0.4, 0.5) is 0 Å². The predicted octanol–water partition coefficient (Wildman–Crippen LogP) is 3.29. The van der Waals surface area contributed by atoms with E-state index in [1.807, 2.05) is 36.4 Å².